The van der Waals surface area contributed by atoms with Crippen LogP contribution in [0.2, 0.25) is 0 Å². The Labute approximate surface area is 150 Å². The van der Waals surface area contributed by atoms with Crippen molar-refractivity contribution in [3.63, 3.8) is 0 Å². The van der Waals surface area contributed by atoms with Crippen LogP contribution in [0.5, 0.6) is 5.75 Å². The third kappa shape index (κ3) is 3.72. The lowest BCUT2D eigenvalue weighted by Gasteiger charge is -2.07. The number of aromatic nitrogens is 3. The number of halogens is 1. The van der Waals surface area contributed by atoms with E-state index in [1.807, 2.05) is 31.2 Å². The number of hydrogen-bond donors (Lipinski definition) is 0. The Hall–Kier alpha value is -3.22. The minimum atomic E-state index is -0.650. The Balaban J connectivity index is 1.73. The fourth-order valence-corrected chi connectivity index (χ4v) is 2.44. The summed E-state index contributed by atoms with van der Waals surface area (Å²) in [6.07, 6.45) is 0. The number of carbonyl (C=O) groups excluding carboxylic acids is 1. The van der Waals surface area contributed by atoms with Crippen LogP contribution in [0, 0.1) is 12.7 Å². The quantitative estimate of drug-likeness (QED) is 0.634. The largest absolute Gasteiger partial charge is 0.494 e. The lowest BCUT2D eigenvalue weighted by Crippen LogP contribution is -2.09. The number of carbonyl (C=O) groups is 1. The van der Waals surface area contributed by atoms with E-state index in [1.54, 1.807) is 25.1 Å². The van der Waals surface area contributed by atoms with Crippen LogP contribution in [-0.4, -0.2) is 27.6 Å². The number of rotatable bonds is 6. The monoisotopic (exact) mass is 355 g/mol. The second-order valence-corrected chi connectivity index (χ2v) is 5.53. The first kappa shape index (κ1) is 17.6. The van der Waals surface area contributed by atoms with Crippen LogP contribution in [0.1, 0.15) is 28.7 Å². The molecular formula is C19H18FN3O3. The zero-order chi connectivity index (χ0) is 18.5. The molecule has 26 heavy (non-hydrogen) atoms. The van der Waals surface area contributed by atoms with Crippen molar-refractivity contribution in [3.8, 4) is 11.4 Å². The molecule has 1 aromatic heterocycles. The molecule has 3 aromatic rings. The van der Waals surface area contributed by atoms with Gasteiger partial charge >= 0.3 is 5.97 Å². The van der Waals surface area contributed by atoms with Gasteiger partial charge in [0.05, 0.1) is 18.0 Å². The van der Waals surface area contributed by atoms with Crippen molar-refractivity contribution in [2.24, 2.45) is 0 Å². The van der Waals surface area contributed by atoms with Crippen LogP contribution in [0.15, 0.2) is 48.5 Å². The lowest BCUT2D eigenvalue weighted by molar-refractivity contribution is 0.0461. The Bertz CT molecular complexity index is 907. The van der Waals surface area contributed by atoms with E-state index in [0.29, 0.717) is 17.9 Å². The molecule has 134 valence electrons. The van der Waals surface area contributed by atoms with Gasteiger partial charge in [0.1, 0.15) is 18.2 Å². The molecule has 2 aromatic carbocycles. The molecule has 0 fully saturated rings. The number of esters is 1. The fraction of sp³-hybridized carbons (Fsp3) is 0.211. The number of benzene rings is 2. The van der Waals surface area contributed by atoms with Crippen LogP contribution in [0.25, 0.3) is 5.69 Å². The smallest absolute Gasteiger partial charge is 0.361 e. The summed E-state index contributed by atoms with van der Waals surface area (Å²) in [6, 6.07) is 13.4. The van der Waals surface area contributed by atoms with E-state index in [0.717, 1.165) is 11.4 Å². The van der Waals surface area contributed by atoms with Gasteiger partial charge < -0.3 is 9.47 Å². The Morgan fingerprint density at radius 2 is 1.88 bits per heavy atom. The Morgan fingerprint density at radius 1 is 1.15 bits per heavy atom. The van der Waals surface area contributed by atoms with Gasteiger partial charge in [0.15, 0.2) is 5.69 Å². The maximum absolute atomic E-state index is 13.6. The molecule has 0 spiro atoms. The minimum absolute atomic E-state index is 0.0928. The topological polar surface area (TPSA) is 66.2 Å². The molecule has 0 aliphatic carbocycles. The summed E-state index contributed by atoms with van der Waals surface area (Å²) in [4.78, 5) is 12.3. The van der Waals surface area contributed by atoms with Crippen LogP contribution in [0.4, 0.5) is 4.39 Å². The van der Waals surface area contributed by atoms with E-state index in [2.05, 4.69) is 10.3 Å². The summed E-state index contributed by atoms with van der Waals surface area (Å²) in [7, 11) is 0. The summed E-state index contributed by atoms with van der Waals surface area (Å²) in [5.41, 5.74) is 1.67. The van der Waals surface area contributed by atoms with Crippen molar-refractivity contribution >= 4 is 5.97 Å². The molecule has 7 heteroatoms. The fourth-order valence-electron chi connectivity index (χ4n) is 2.44. The third-order valence-corrected chi connectivity index (χ3v) is 3.80. The molecule has 0 aliphatic heterocycles. The van der Waals surface area contributed by atoms with E-state index < -0.39 is 11.8 Å². The lowest BCUT2D eigenvalue weighted by atomic mass is 10.2. The van der Waals surface area contributed by atoms with Gasteiger partial charge in [-0.3, -0.25) is 0 Å². The number of nitrogens with zero attached hydrogens (tertiary/aromatic N) is 3. The van der Waals surface area contributed by atoms with Crippen LogP contribution >= 0.6 is 0 Å². The van der Waals surface area contributed by atoms with Crippen molar-refractivity contribution in [3.05, 3.63) is 71.3 Å². The average molecular weight is 355 g/mol. The predicted molar refractivity (Wildman–Crippen MR) is 92.8 cm³/mol. The molecular weight excluding hydrogens is 337 g/mol. The molecule has 0 saturated carbocycles. The summed E-state index contributed by atoms with van der Waals surface area (Å²) in [6.45, 7) is 4.05. The van der Waals surface area contributed by atoms with Gasteiger partial charge in [-0.05, 0) is 44.2 Å². The summed E-state index contributed by atoms with van der Waals surface area (Å²) in [5.74, 6) is -0.323. The SMILES string of the molecule is CCOc1ccc(-n2nnc(C(=O)OCc3ccccc3F)c2C)cc1. The van der Waals surface area contributed by atoms with Crippen LogP contribution in [-0.2, 0) is 11.3 Å². The van der Waals surface area contributed by atoms with Gasteiger partial charge in [0.25, 0.3) is 0 Å². The molecule has 0 N–H and O–H groups in total. The zero-order valence-corrected chi connectivity index (χ0v) is 14.5. The molecule has 0 bridgehead atoms. The van der Waals surface area contributed by atoms with Gasteiger partial charge in [-0.25, -0.2) is 13.9 Å². The highest BCUT2D eigenvalue weighted by atomic mass is 19.1. The highest BCUT2D eigenvalue weighted by Gasteiger charge is 2.19. The molecule has 1 heterocycles. The van der Waals surface area contributed by atoms with Gasteiger partial charge in [0, 0.05) is 5.56 Å². The standard InChI is InChI=1S/C19H18FN3O3/c1-3-25-16-10-8-15(9-11-16)23-13(2)18(21-22-23)19(24)26-12-14-6-4-5-7-17(14)20/h4-11H,3,12H2,1-2H3. The van der Waals surface area contributed by atoms with E-state index >= 15 is 0 Å². The van der Waals surface area contributed by atoms with E-state index in [9.17, 15) is 9.18 Å². The maximum atomic E-state index is 13.6. The Kier molecular flexibility index (Phi) is 5.26. The number of hydrogen-bond acceptors (Lipinski definition) is 5. The summed E-state index contributed by atoms with van der Waals surface area (Å²) in [5, 5.41) is 7.91. The maximum Gasteiger partial charge on any atom is 0.361 e. The molecule has 6 nitrogen and oxygen atoms in total. The highest BCUT2D eigenvalue weighted by Crippen LogP contribution is 2.18. The van der Waals surface area contributed by atoms with Crippen molar-refractivity contribution < 1.29 is 18.7 Å². The molecule has 0 amide bonds. The third-order valence-electron chi connectivity index (χ3n) is 3.80. The van der Waals surface area contributed by atoms with E-state index in [4.69, 9.17) is 9.47 Å². The first-order valence-corrected chi connectivity index (χ1v) is 8.16. The molecule has 0 aliphatic rings. The molecule has 0 unspecified atom stereocenters. The van der Waals surface area contributed by atoms with E-state index in [1.165, 1.54) is 10.7 Å². The van der Waals surface area contributed by atoms with Crippen molar-refractivity contribution in [1.29, 1.82) is 0 Å². The average Bonchev–Trinajstić information content (AvgIpc) is 3.03. The number of ether oxygens (including phenoxy) is 2. The molecule has 0 atom stereocenters. The normalized spacial score (nSPS) is 10.6. The van der Waals surface area contributed by atoms with Gasteiger partial charge in [0.2, 0.25) is 0 Å². The summed E-state index contributed by atoms with van der Waals surface area (Å²) < 4.78 is 25.7. The first-order valence-electron chi connectivity index (χ1n) is 8.16. The van der Waals surface area contributed by atoms with E-state index in [-0.39, 0.29) is 12.3 Å². The van der Waals surface area contributed by atoms with Crippen LogP contribution < -0.4 is 4.74 Å². The van der Waals surface area contributed by atoms with Crippen molar-refractivity contribution in [1.82, 2.24) is 15.0 Å². The second kappa shape index (κ2) is 7.77. The Morgan fingerprint density at radius 3 is 2.58 bits per heavy atom. The first-order chi connectivity index (χ1) is 12.6. The molecule has 0 saturated heterocycles. The van der Waals surface area contributed by atoms with Crippen molar-refractivity contribution in [2.45, 2.75) is 20.5 Å². The predicted octanol–water partition coefficient (Wildman–Crippen LogP) is 3.47. The second-order valence-electron chi connectivity index (χ2n) is 5.53. The highest BCUT2D eigenvalue weighted by molar-refractivity contribution is 5.88. The van der Waals surface area contributed by atoms with Gasteiger partial charge in [-0.15, -0.1) is 5.10 Å². The zero-order valence-electron chi connectivity index (χ0n) is 14.5. The van der Waals surface area contributed by atoms with Gasteiger partial charge in [-0.1, -0.05) is 23.4 Å². The molecule has 3 rings (SSSR count). The summed E-state index contributed by atoms with van der Waals surface area (Å²) >= 11 is 0. The van der Waals surface area contributed by atoms with Crippen molar-refractivity contribution in [2.75, 3.05) is 6.61 Å². The minimum Gasteiger partial charge on any atom is -0.494 e. The van der Waals surface area contributed by atoms with Gasteiger partial charge in [-0.2, -0.15) is 0 Å². The van der Waals surface area contributed by atoms with Crippen LogP contribution in [0.3, 0.4) is 0 Å². The molecule has 0 radical (unpaired) electrons.